The first-order valence-corrected chi connectivity index (χ1v) is 9.32. The van der Waals surface area contributed by atoms with Crippen LogP contribution in [0.3, 0.4) is 0 Å². The highest BCUT2D eigenvalue weighted by atomic mass is 19.4. The van der Waals surface area contributed by atoms with Crippen LogP contribution in [0.25, 0.3) is 0 Å². The number of anilines is 2. The molecule has 3 aliphatic rings. The van der Waals surface area contributed by atoms with E-state index >= 15 is 0 Å². The van der Waals surface area contributed by atoms with Crippen LogP contribution in [0.5, 0.6) is 0 Å². The fraction of sp³-hybridized carbons (Fsp3) is 0.526. The van der Waals surface area contributed by atoms with Gasteiger partial charge < -0.3 is 9.80 Å². The van der Waals surface area contributed by atoms with Crippen LogP contribution in [0.15, 0.2) is 30.7 Å². The normalized spacial score (nSPS) is 25.1. The van der Waals surface area contributed by atoms with E-state index in [-0.39, 0.29) is 0 Å². The van der Waals surface area contributed by atoms with Crippen molar-refractivity contribution < 1.29 is 13.2 Å². The first kappa shape index (κ1) is 16.8. The minimum atomic E-state index is -4.34. The summed E-state index contributed by atoms with van der Waals surface area (Å²) in [6.07, 6.45) is 0.684. The van der Waals surface area contributed by atoms with E-state index in [1.54, 1.807) is 6.33 Å². The van der Waals surface area contributed by atoms with Crippen LogP contribution in [-0.2, 0) is 6.18 Å². The predicted molar refractivity (Wildman–Crippen MR) is 94.7 cm³/mol. The SMILES string of the molecule is FC(F)(F)c1ccc(N2CC3CN(c4cc(C5CC5)ncn4)CC3C2)nc1. The van der Waals surface area contributed by atoms with Crippen LogP contribution in [-0.4, -0.2) is 41.1 Å². The summed E-state index contributed by atoms with van der Waals surface area (Å²) in [7, 11) is 0. The average Bonchev–Trinajstić information content (AvgIpc) is 3.31. The molecule has 3 fully saturated rings. The fourth-order valence-corrected chi connectivity index (χ4v) is 4.24. The molecule has 4 heterocycles. The van der Waals surface area contributed by atoms with Gasteiger partial charge in [-0.2, -0.15) is 13.2 Å². The van der Waals surface area contributed by atoms with Crippen molar-refractivity contribution in [3.05, 3.63) is 42.0 Å². The molecule has 0 radical (unpaired) electrons. The summed E-state index contributed by atoms with van der Waals surface area (Å²) in [5.74, 6) is 3.19. The van der Waals surface area contributed by atoms with Crippen molar-refractivity contribution in [3.63, 3.8) is 0 Å². The van der Waals surface area contributed by atoms with Crippen LogP contribution < -0.4 is 9.80 Å². The van der Waals surface area contributed by atoms with Gasteiger partial charge in [0.15, 0.2) is 0 Å². The Morgan fingerprint density at radius 3 is 2.07 bits per heavy atom. The summed E-state index contributed by atoms with van der Waals surface area (Å²) < 4.78 is 38.1. The van der Waals surface area contributed by atoms with Crippen molar-refractivity contribution in [2.24, 2.45) is 11.8 Å². The second-order valence-electron chi connectivity index (χ2n) is 7.81. The Morgan fingerprint density at radius 1 is 0.852 bits per heavy atom. The number of rotatable bonds is 3. The molecule has 2 unspecified atom stereocenters. The molecule has 2 atom stereocenters. The van der Waals surface area contributed by atoms with Gasteiger partial charge in [0, 0.05) is 61.9 Å². The molecule has 27 heavy (non-hydrogen) atoms. The number of nitrogens with zero attached hydrogens (tertiary/aromatic N) is 5. The number of aromatic nitrogens is 3. The van der Waals surface area contributed by atoms with Crippen LogP contribution in [0.1, 0.15) is 30.0 Å². The highest BCUT2D eigenvalue weighted by Crippen LogP contribution is 2.41. The highest BCUT2D eigenvalue weighted by Gasteiger charge is 2.41. The van der Waals surface area contributed by atoms with E-state index in [1.165, 1.54) is 18.9 Å². The van der Waals surface area contributed by atoms with E-state index < -0.39 is 11.7 Å². The Balaban J connectivity index is 1.25. The highest BCUT2D eigenvalue weighted by molar-refractivity contribution is 5.46. The van der Waals surface area contributed by atoms with Gasteiger partial charge in [0.05, 0.1) is 5.56 Å². The number of hydrogen-bond acceptors (Lipinski definition) is 5. The maximum atomic E-state index is 12.7. The Hall–Kier alpha value is -2.38. The maximum absolute atomic E-state index is 12.7. The van der Waals surface area contributed by atoms with E-state index in [2.05, 4.69) is 30.8 Å². The monoisotopic (exact) mass is 375 g/mol. The van der Waals surface area contributed by atoms with E-state index in [1.807, 2.05) is 0 Å². The number of alkyl halides is 3. The first-order chi connectivity index (χ1) is 13.0. The van der Waals surface area contributed by atoms with Gasteiger partial charge in [-0.05, 0) is 25.0 Å². The smallest absolute Gasteiger partial charge is 0.356 e. The molecule has 2 saturated heterocycles. The molecule has 0 spiro atoms. The van der Waals surface area contributed by atoms with Gasteiger partial charge in [-0.15, -0.1) is 0 Å². The van der Waals surface area contributed by atoms with Gasteiger partial charge in [0.1, 0.15) is 18.0 Å². The van der Waals surface area contributed by atoms with Crippen LogP contribution >= 0.6 is 0 Å². The molecule has 0 N–H and O–H groups in total. The summed E-state index contributed by atoms with van der Waals surface area (Å²) in [4.78, 5) is 17.3. The summed E-state index contributed by atoms with van der Waals surface area (Å²) in [6, 6.07) is 4.71. The zero-order valence-corrected chi connectivity index (χ0v) is 14.7. The van der Waals surface area contributed by atoms with E-state index in [9.17, 15) is 13.2 Å². The summed E-state index contributed by atoms with van der Waals surface area (Å²) in [6.45, 7) is 3.48. The molecule has 0 aromatic carbocycles. The number of halogens is 3. The van der Waals surface area contributed by atoms with Gasteiger partial charge in [-0.3, -0.25) is 0 Å². The number of hydrogen-bond donors (Lipinski definition) is 0. The molecule has 8 heteroatoms. The van der Waals surface area contributed by atoms with Gasteiger partial charge >= 0.3 is 6.18 Å². The molecule has 5 rings (SSSR count). The number of pyridine rings is 1. The Bertz CT molecular complexity index is 820. The zero-order valence-electron chi connectivity index (χ0n) is 14.7. The summed E-state index contributed by atoms with van der Waals surface area (Å²) >= 11 is 0. The minimum absolute atomic E-state index is 0.480. The first-order valence-electron chi connectivity index (χ1n) is 9.32. The van der Waals surface area contributed by atoms with Crippen molar-refractivity contribution in [2.75, 3.05) is 36.0 Å². The van der Waals surface area contributed by atoms with E-state index in [4.69, 9.17) is 0 Å². The number of fused-ring (bicyclic) bond motifs is 1. The van der Waals surface area contributed by atoms with Gasteiger partial charge in [-0.1, -0.05) is 0 Å². The molecule has 2 aromatic heterocycles. The van der Waals surface area contributed by atoms with Gasteiger partial charge in [0.2, 0.25) is 0 Å². The molecule has 2 aromatic rings. The minimum Gasteiger partial charge on any atom is -0.356 e. The third-order valence-corrected chi connectivity index (χ3v) is 5.88. The molecule has 5 nitrogen and oxygen atoms in total. The average molecular weight is 375 g/mol. The van der Waals surface area contributed by atoms with Gasteiger partial charge in [-0.25, -0.2) is 15.0 Å². The second-order valence-corrected chi connectivity index (χ2v) is 7.81. The molecule has 0 bridgehead atoms. The Kier molecular flexibility index (Phi) is 3.77. The predicted octanol–water partition coefficient (Wildman–Crippen LogP) is 3.34. The summed E-state index contributed by atoms with van der Waals surface area (Å²) in [5.41, 5.74) is 0.444. The largest absolute Gasteiger partial charge is 0.417 e. The zero-order chi connectivity index (χ0) is 18.6. The van der Waals surface area contributed by atoms with Crippen molar-refractivity contribution in [1.29, 1.82) is 0 Å². The molecular weight excluding hydrogens is 355 g/mol. The topological polar surface area (TPSA) is 45.2 Å². The van der Waals surface area contributed by atoms with E-state index in [0.717, 1.165) is 50.0 Å². The standard InChI is InChI=1S/C19H20F3N5/c20-19(21,22)15-3-4-17(23-6-15)26-7-13-9-27(10-14(13)8-26)18-5-16(12-1-2-12)24-11-25-18/h3-6,11-14H,1-2,7-10H2. The van der Waals surface area contributed by atoms with Crippen molar-refractivity contribution in [1.82, 2.24) is 15.0 Å². The molecule has 142 valence electrons. The molecule has 0 amide bonds. The lowest BCUT2D eigenvalue weighted by Crippen LogP contribution is -2.29. The third-order valence-electron chi connectivity index (χ3n) is 5.88. The van der Waals surface area contributed by atoms with Crippen molar-refractivity contribution in [2.45, 2.75) is 24.9 Å². The third kappa shape index (κ3) is 3.21. The van der Waals surface area contributed by atoms with Crippen LogP contribution in [0.2, 0.25) is 0 Å². The van der Waals surface area contributed by atoms with Crippen molar-refractivity contribution in [3.8, 4) is 0 Å². The lowest BCUT2D eigenvalue weighted by molar-refractivity contribution is -0.137. The van der Waals surface area contributed by atoms with Crippen molar-refractivity contribution >= 4 is 11.6 Å². The quantitative estimate of drug-likeness (QED) is 0.823. The molecule has 1 saturated carbocycles. The second kappa shape index (κ2) is 6.07. The van der Waals surface area contributed by atoms with Gasteiger partial charge in [0.25, 0.3) is 0 Å². The maximum Gasteiger partial charge on any atom is 0.417 e. The summed E-state index contributed by atoms with van der Waals surface area (Å²) in [5, 5.41) is 0. The lowest BCUT2D eigenvalue weighted by Gasteiger charge is -2.23. The fourth-order valence-electron chi connectivity index (χ4n) is 4.24. The Morgan fingerprint density at radius 2 is 1.52 bits per heavy atom. The molecule has 1 aliphatic carbocycles. The Labute approximate surface area is 155 Å². The van der Waals surface area contributed by atoms with E-state index in [0.29, 0.717) is 23.6 Å². The molecular formula is C19H20F3N5. The van der Waals surface area contributed by atoms with Crippen LogP contribution in [0, 0.1) is 11.8 Å². The lowest BCUT2D eigenvalue weighted by atomic mass is 10.0. The van der Waals surface area contributed by atoms with Crippen LogP contribution in [0.4, 0.5) is 24.8 Å². The molecule has 2 aliphatic heterocycles.